The molecule has 0 N–H and O–H groups in total. The van der Waals surface area contributed by atoms with Crippen LogP contribution < -0.4 is 5.56 Å². The smallest absolute Gasteiger partial charge is 0.274 e. The van der Waals surface area contributed by atoms with E-state index in [9.17, 15) is 18.0 Å². The van der Waals surface area contributed by atoms with E-state index in [4.69, 9.17) is 0 Å². The summed E-state index contributed by atoms with van der Waals surface area (Å²) in [5, 5.41) is 5.15. The Balaban J connectivity index is 1.59. The van der Waals surface area contributed by atoms with Gasteiger partial charge in [0.15, 0.2) is 5.69 Å². The van der Waals surface area contributed by atoms with Crippen LogP contribution in [0, 0.1) is 6.92 Å². The number of hydrogen-bond donors (Lipinski definition) is 0. The first kappa shape index (κ1) is 21.2. The van der Waals surface area contributed by atoms with Gasteiger partial charge in [0, 0.05) is 38.6 Å². The summed E-state index contributed by atoms with van der Waals surface area (Å²) in [5.74, 6) is -0.304. The molecular weight excluding hydrogens is 416 g/mol. The van der Waals surface area contributed by atoms with Crippen molar-refractivity contribution in [1.82, 2.24) is 19.0 Å². The summed E-state index contributed by atoms with van der Waals surface area (Å²) in [7, 11) is -2.11. The molecule has 0 radical (unpaired) electrons. The van der Waals surface area contributed by atoms with Crippen molar-refractivity contribution in [3.8, 4) is 0 Å². The minimum atomic E-state index is -3.63. The van der Waals surface area contributed by atoms with Gasteiger partial charge in [-0.15, -0.1) is 0 Å². The third kappa shape index (κ3) is 3.98. The number of fused-ring (bicyclic) bond motifs is 1. The third-order valence-corrected chi connectivity index (χ3v) is 7.47. The average molecular weight is 441 g/mol. The van der Waals surface area contributed by atoms with Gasteiger partial charge in [-0.2, -0.15) is 9.40 Å². The van der Waals surface area contributed by atoms with E-state index in [0.29, 0.717) is 30.3 Å². The van der Waals surface area contributed by atoms with Crippen molar-refractivity contribution in [3.63, 3.8) is 0 Å². The Morgan fingerprint density at radius 3 is 2.32 bits per heavy atom. The number of rotatable bonds is 3. The molecule has 31 heavy (non-hydrogen) atoms. The Morgan fingerprint density at radius 1 is 0.935 bits per heavy atom. The van der Waals surface area contributed by atoms with E-state index in [0.717, 1.165) is 5.56 Å². The van der Waals surface area contributed by atoms with Crippen LogP contribution in [0.5, 0.6) is 0 Å². The predicted molar refractivity (Wildman–Crippen MR) is 117 cm³/mol. The van der Waals surface area contributed by atoms with Crippen molar-refractivity contribution in [3.05, 3.63) is 70.1 Å². The van der Waals surface area contributed by atoms with E-state index in [-0.39, 0.29) is 35.1 Å². The van der Waals surface area contributed by atoms with Gasteiger partial charge in [0.2, 0.25) is 10.0 Å². The molecule has 0 aliphatic carbocycles. The molecule has 0 atom stereocenters. The predicted octanol–water partition coefficient (Wildman–Crippen LogP) is 1.78. The van der Waals surface area contributed by atoms with Crippen LogP contribution in [0.2, 0.25) is 0 Å². The fourth-order valence-electron chi connectivity index (χ4n) is 3.80. The number of carbonyl (C=O) groups excluding carboxylic acids is 1. The highest BCUT2D eigenvalue weighted by molar-refractivity contribution is 7.89. The molecule has 1 aromatic heterocycles. The van der Waals surface area contributed by atoms with Crippen LogP contribution in [-0.4, -0.2) is 59.5 Å². The summed E-state index contributed by atoms with van der Waals surface area (Å²) in [5.41, 5.74) is 0.925. The lowest BCUT2D eigenvalue weighted by molar-refractivity contribution is 0.0758. The quantitative estimate of drug-likeness (QED) is 0.619. The minimum Gasteiger partial charge on any atom is -0.336 e. The lowest BCUT2D eigenvalue weighted by atomic mass is 10.1. The number of sulfonamides is 1. The van der Waals surface area contributed by atoms with E-state index < -0.39 is 10.0 Å². The van der Waals surface area contributed by atoms with Crippen LogP contribution in [0.15, 0.2) is 58.2 Å². The molecule has 1 aliphatic heterocycles. The standard InChI is InChI=1S/C22H24N4O4S/c1-16-8-10-17(11-9-16)31(29,30)26-13-5-12-25(14-15-26)22(28)20-18-6-3-4-7-19(18)21(27)24(2)23-20/h3-4,6-11H,5,12-15H2,1-2H3. The van der Waals surface area contributed by atoms with Gasteiger partial charge >= 0.3 is 0 Å². The molecule has 0 bridgehead atoms. The van der Waals surface area contributed by atoms with Crippen LogP contribution in [0.4, 0.5) is 0 Å². The molecule has 0 unspecified atom stereocenters. The Morgan fingerprint density at radius 2 is 1.61 bits per heavy atom. The molecule has 8 nitrogen and oxygen atoms in total. The minimum absolute atomic E-state index is 0.200. The van der Waals surface area contributed by atoms with Gasteiger partial charge in [0.25, 0.3) is 11.5 Å². The molecule has 3 aromatic rings. The molecule has 1 saturated heterocycles. The van der Waals surface area contributed by atoms with Crippen LogP contribution >= 0.6 is 0 Å². The van der Waals surface area contributed by atoms with Crippen molar-refractivity contribution in [2.75, 3.05) is 26.2 Å². The third-order valence-electron chi connectivity index (χ3n) is 5.56. The van der Waals surface area contributed by atoms with Gasteiger partial charge in [-0.25, -0.2) is 13.1 Å². The fraction of sp³-hybridized carbons (Fsp3) is 0.318. The summed E-state index contributed by atoms with van der Waals surface area (Å²) in [6, 6.07) is 13.7. The Hall–Kier alpha value is -3.04. The van der Waals surface area contributed by atoms with Gasteiger partial charge in [-0.1, -0.05) is 35.9 Å². The second-order valence-electron chi connectivity index (χ2n) is 7.69. The topological polar surface area (TPSA) is 92.6 Å². The van der Waals surface area contributed by atoms with E-state index >= 15 is 0 Å². The Labute approximate surface area is 180 Å². The summed E-state index contributed by atoms with van der Waals surface area (Å²) in [4.78, 5) is 27.5. The van der Waals surface area contributed by atoms with Gasteiger partial charge in [0.1, 0.15) is 0 Å². The average Bonchev–Trinajstić information content (AvgIpc) is 3.03. The summed E-state index contributed by atoms with van der Waals surface area (Å²) in [6.45, 7) is 3.11. The van der Waals surface area contributed by atoms with E-state index in [1.54, 1.807) is 53.4 Å². The Kier molecular flexibility index (Phi) is 5.63. The highest BCUT2D eigenvalue weighted by atomic mass is 32.2. The maximum Gasteiger partial charge on any atom is 0.274 e. The number of benzene rings is 2. The van der Waals surface area contributed by atoms with Crippen molar-refractivity contribution in [1.29, 1.82) is 0 Å². The maximum absolute atomic E-state index is 13.3. The molecule has 2 heterocycles. The number of aromatic nitrogens is 2. The molecule has 162 valence electrons. The molecular formula is C22H24N4O4S. The second-order valence-corrected chi connectivity index (χ2v) is 9.62. The maximum atomic E-state index is 13.3. The molecule has 2 aromatic carbocycles. The fourth-order valence-corrected chi connectivity index (χ4v) is 5.27. The lowest BCUT2D eigenvalue weighted by Crippen LogP contribution is -2.38. The lowest BCUT2D eigenvalue weighted by Gasteiger charge is -2.22. The molecule has 0 saturated carbocycles. The van der Waals surface area contributed by atoms with Gasteiger partial charge in [0.05, 0.1) is 10.3 Å². The highest BCUT2D eigenvalue weighted by Crippen LogP contribution is 2.20. The zero-order valence-electron chi connectivity index (χ0n) is 17.5. The first-order valence-electron chi connectivity index (χ1n) is 10.1. The van der Waals surface area contributed by atoms with Crippen molar-refractivity contribution >= 4 is 26.7 Å². The first-order chi connectivity index (χ1) is 14.8. The van der Waals surface area contributed by atoms with E-state index in [1.807, 2.05) is 6.92 Å². The number of hydrogen-bond acceptors (Lipinski definition) is 5. The number of carbonyl (C=O) groups is 1. The first-order valence-corrected chi connectivity index (χ1v) is 11.6. The molecule has 1 aliphatic rings. The summed E-state index contributed by atoms with van der Waals surface area (Å²) >= 11 is 0. The van der Waals surface area contributed by atoms with Crippen molar-refractivity contribution < 1.29 is 13.2 Å². The van der Waals surface area contributed by atoms with Crippen LogP contribution in [-0.2, 0) is 17.1 Å². The van der Waals surface area contributed by atoms with Gasteiger partial charge < -0.3 is 4.90 Å². The molecule has 0 spiro atoms. The van der Waals surface area contributed by atoms with Crippen molar-refractivity contribution in [2.24, 2.45) is 7.05 Å². The zero-order chi connectivity index (χ0) is 22.2. The molecule has 1 amide bonds. The monoisotopic (exact) mass is 440 g/mol. The van der Waals surface area contributed by atoms with Crippen molar-refractivity contribution in [2.45, 2.75) is 18.2 Å². The number of aryl methyl sites for hydroxylation is 2. The summed E-state index contributed by atoms with van der Waals surface area (Å²) < 4.78 is 28.6. The number of amides is 1. The molecule has 1 fully saturated rings. The summed E-state index contributed by atoms with van der Waals surface area (Å²) in [6.07, 6.45) is 0.514. The van der Waals surface area contributed by atoms with Gasteiger partial charge in [-0.05, 0) is 31.5 Å². The van der Waals surface area contributed by atoms with Crippen LogP contribution in [0.1, 0.15) is 22.5 Å². The largest absolute Gasteiger partial charge is 0.336 e. The number of nitrogens with zero attached hydrogens (tertiary/aromatic N) is 4. The van der Waals surface area contributed by atoms with Crippen LogP contribution in [0.25, 0.3) is 10.8 Å². The molecule has 4 rings (SSSR count). The van der Waals surface area contributed by atoms with Gasteiger partial charge in [-0.3, -0.25) is 9.59 Å². The Bertz CT molecular complexity index is 1300. The normalized spacial score (nSPS) is 15.7. The van der Waals surface area contributed by atoms with Crippen LogP contribution in [0.3, 0.4) is 0 Å². The van der Waals surface area contributed by atoms with E-state index in [1.165, 1.54) is 16.0 Å². The SMILES string of the molecule is Cc1ccc(S(=O)(=O)N2CCCN(C(=O)c3nn(C)c(=O)c4ccccc34)CC2)cc1. The zero-order valence-corrected chi connectivity index (χ0v) is 18.3. The molecule has 9 heteroatoms. The highest BCUT2D eigenvalue weighted by Gasteiger charge is 2.29. The van der Waals surface area contributed by atoms with E-state index in [2.05, 4.69) is 5.10 Å². The second kappa shape index (κ2) is 8.24.